The summed E-state index contributed by atoms with van der Waals surface area (Å²) < 4.78 is 5.71. The molecule has 0 aliphatic carbocycles. The van der Waals surface area contributed by atoms with E-state index in [1.165, 1.54) is 0 Å². The Morgan fingerprint density at radius 1 is 1.39 bits per heavy atom. The first-order valence-corrected chi connectivity index (χ1v) is 7.14. The van der Waals surface area contributed by atoms with Crippen LogP contribution in [0.1, 0.15) is 59.8 Å². The quantitative estimate of drug-likeness (QED) is 0.732. The molecule has 1 heterocycles. The van der Waals surface area contributed by atoms with E-state index in [4.69, 9.17) is 4.74 Å². The second-order valence-corrected chi connectivity index (χ2v) is 6.67. The van der Waals surface area contributed by atoms with Gasteiger partial charge in [0.1, 0.15) is 0 Å². The zero-order chi connectivity index (χ0) is 13.8. The number of carboxylic acids is 1. The molecule has 18 heavy (non-hydrogen) atoms. The number of carbonyl (C=O) groups is 1. The largest absolute Gasteiger partial charge is 0.550 e. The van der Waals surface area contributed by atoms with Crippen molar-refractivity contribution in [2.45, 2.75) is 65.4 Å². The first kappa shape index (κ1) is 15.5. The molecule has 0 N–H and O–H groups in total. The van der Waals surface area contributed by atoms with Crippen molar-refractivity contribution in [3.05, 3.63) is 0 Å². The average Bonchev–Trinajstić information content (AvgIpc) is 2.22. The molecule has 0 aromatic carbocycles. The summed E-state index contributed by atoms with van der Waals surface area (Å²) in [7, 11) is 0. The predicted octanol–water partition coefficient (Wildman–Crippen LogP) is 2.38. The summed E-state index contributed by atoms with van der Waals surface area (Å²) in [4.78, 5) is 10.9. The Morgan fingerprint density at radius 3 is 2.56 bits per heavy atom. The molecule has 1 fully saturated rings. The molecule has 0 saturated carbocycles. The van der Waals surface area contributed by atoms with Gasteiger partial charge in [-0.05, 0) is 57.3 Å². The van der Waals surface area contributed by atoms with E-state index in [9.17, 15) is 9.90 Å². The molecule has 0 aromatic heterocycles. The van der Waals surface area contributed by atoms with Gasteiger partial charge in [0.05, 0.1) is 5.60 Å². The minimum atomic E-state index is -0.909. The molecule has 0 amide bonds. The number of carboxylic acid groups (broad SMARTS) is 1. The van der Waals surface area contributed by atoms with Crippen molar-refractivity contribution in [1.29, 1.82) is 0 Å². The van der Waals surface area contributed by atoms with E-state index in [1.807, 2.05) is 0 Å². The Kier molecular flexibility index (Phi) is 5.64. The van der Waals surface area contributed by atoms with Crippen LogP contribution >= 0.6 is 0 Å². The molecule has 3 heteroatoms. The summed E-state index contributed by atoms with van der Waals surface area (Å²) in [5, 5.41) is 10.9. The van der Waals surface area contributed by atoms with Crippen LogP contribution in [0.4, 0.5) is 0 Å². The van der Waals surface area contributed by atoms with Crippen molar-refractivity contribution in [3.8, 4) is 0 Å². The lowest BCUT2D eigenvalue weighted by atomic mass is 9.76. The van der Waals surface area contributed by atoms with Gasteiger partial charge in [-0.2, -0.15) is 0 Å². The summed E-state index contributed by atoms with van der Waals surface area (Å²) in [5.74, 6) is 0.432. The third kappa shape index (κ3) is 5.38. The molecule has 1 aliphatic rings. The van der Waals surface area contributed by atoms with Gasteiger partial charge in [0.2, 0.25) is 0 Å². The van der Waals surface area contributed by atoms with Crippen LogP contribution in [0.3, 0.4) is 0 Å². The number of hydrogen-bond acceptors (Lipinski definition) is 3. The highest BCUT2D eigenvalue weighted by atomic mass is 16.5. The van der Waals surface area contributed by atoms with Crippen LogP contribution in [0, 0.1) is 17.8 Å². The second-order valence-electron chi connectivity index (χ2n) is 6.67. The molecule has 3 nitrogen and oxygen atoms in total. The Hall–Kier alpha value is -0.570. The lowest BCUT2D eigenvalue weighted by Gasteiger charge is -2.39. The predicted molar refractivity (Wildman–Crippen MR) is 69.9 cm³/mol. The lowest BCUT2D eigenvalue weighted by Crippen LogP contribution is -2.38. The van der Waals surface area contributed by atoms with Crippen LogP contribution in [0.5, 0.6) is 0 Å². The van der Waals surface area contributed by atoms with E-state index in [2.05, 4.69) is 27.7 Å². The Balaban J connectivity index is 2.60. The molecular weight excluding hydrogens is 228 g/mol. The molecule has 1 aliphatic heterocycles. The van der Waals surface area contributed by atoms with Crippen LogP contribution in [0.25, 0.3) is 0 Å². The van der Waals surface area contributed by atoms with Gasteiger partial charge in [0.25, 0.3) is 0 Å². The number of aliphatic carboxylic acids is 1. The van der Waals surface area contributed by atoms with Gasteiger partial charge in [-0.15, -0.1) is 0 Å². The van der Waals surface area contributed by atoms with Crippen LogP contribution in [0.15, 0.2) is 0 Å². The van der Waals surface area contributed by atoms with Crippen molar-refractivity contribution >= 4 is 5.97 Å². The van der Waals surface area contributed by atoms with Crippen LogP contribution in [-0.4, -0.2) is 18.2 Å². The zero-order valence-electron chi connectivity index (χ0n) is 12.2. The second kappa shape index (κ2) is 6.55. The minimum Gasteiger partial charge on any atom is -0.550 e. The summed E-state index contributed by atoms with van der Waals surface area (Å²) in [6.45, 7) is 9.31. The molecule has 1 saturated heterocycles. The maximum Gasteiger partial charge on any atom is 0.0629 e. The van der Waals surface area contributed by atoms with E-state index >= 15 is 0 Å². The molecular formula is C15H27O3-. The molecule has 1 rings (SSSR count). The van der Waals surface area contributed by atoms with Gasteiger partial charge in [-0.1, -0.05) is 20.3 Å². The highest BCUT2D eigenvalue weighted by molar-refractivity contribution is 5.64. The van der Waals surface area contributed by atoms with E-state index < -0.39 is 5.97 Å². The van der Waals surface area contributed by atoms with Crippen molar-refractivity contribution in [3.63, 3.8) is 0 Å². The Morgan fingerprint density at radius 2 is 2.06 bits per heavy atom. The first-order chi connectivity index (χ1) is 8.30. The third-order valence-electron chi connectivity index (χ3n) is 3.95. The topological polar surface area (TPSA) is 49.4 Å². The maximum atomic E-state index is 10.9. The minimum absolute atomic E-state index is 0.106. The summed E-state index contributed by atoms with van der Waals surface area (Å²) in [5.41, 5.74) is -0.106. The molecule has 2 atom stereocenters. The van der Waals surface area contributed by atoms with Crippen LogP contribution in [0.2, 0.25) is 0 Å². The normalized spacial score (nSPS) is 25.1. The summed E-state index contributed by atoms with van der Waals surface area (Å²) >= 11 is 0. The van der Waals surface area contributed by atoms with Crippen molar-refractivity contribution in [1.82, 2.24) is 0 Å². The monoisotopic (exact) mass is 255 g/mol. The molecule has 0 radical (unpaired) electrons. The van der Waals surface area contributed by atoms with E-state index in [0.717, 1.165) is 32.3 Å². The fourth-order valence-electron chi connectivity index (χ4n) is 2.95. The van der Waals surface area contributed by atoms with Gasteiger partial charge < -0.3 is 14.6 Å². The Labute approximate surface area is 111 Å². The first-order valence-electron chi connectivity index (χ1n) is 7.14. The van der Waals surface area contributed by atoms with E-state index in [-0.39, 0.29) is 17.9 Å². The smallest absolute Gasteiger partial charge is 0.0629 e. The van der Waals surface area contributed by atoms with Crippen molar-refractivity contribution in [2.75, 3.05) is 6.61 Å². The Bertz CT molecular complexity index is 271. The number of rotatable bonds is 6. The standard InChI is InChI=1S/C15H28O3/c1-11(2)5-6-12(9-14(16)17)13-7-8-18-15(3,4)10-13/h11-13H,5-10H2,1-4H3,(H,16,17)/p-1/t12-,13-/m1/s1. The maximum absolute atomic E-state index is 10.9. The van der Waals surface area contributed by atoms with Gasteiger partial charge >= 0.3 is 0 Å². The lowest BCUT2D eigenvalue weighted by molar-refractivity contribution is -0.307. The highest BCUT2D eigenvalue weighted by Crippen LogP contribution is 2.37. The number of ether oxygens (including phenoxy) is 1. The fraction of sp³-hybridized carbons (Fsp3) is 0.933. The summed E-state index contributed by atoms with van der Waals surface area (Å²) in [6.07, 6.45) is 4.23. The zero-order valence-corrected chi connectivity index (χ0v) is 12.2. The van der Waals surface area contributed by atoms with Crippen LogP contribution in [-0.2, 0) is 9.53 Å². The number of carbonyl (C=O) groups excluding carboxylic acids is 1. The van der Waals surface area contributed by atoms with E-state index in [1.54, 1.807) is 0 Å². The van der Waals surface area contributed by atoms with Crippen LogP contribution < -0.4 is 5.11 Å². The fourth-order valence-corrected chi connectivity index (χ4v) is 2.95. The highest BCUT2D eigenvalue weighted by Gasteiger charge is 2.33. The third-order valence-corrected chi connectivity index (χ3v) is 3.95. The molecule has 0 spiro atoms. The average molecular weight is 255 g/mol. The summed E-state index contributed by atoms with van der Waals surface area (Å²) in [6, 6.07) is 0. The van der Waals surface area contributed by atoms with Crippen molar-refractivity contribution < 1.29 is 14.6 Å². The molecule has 0 unspecified atom stereocenters. The van der Waals surface area contributed by atoms with E-state index in [0.29, 0.717) is 11.8 Å². The molecule has 106 valence electrons. The molecule has 0 bridgehead atoms. The van der Waals surface area contributed by atoms with Gasteiger partial charge in [-0.25, -0.2) is 0 Å². The SMILES string of the molecule is CC(C)CC[C@H](CC(=O)[O-])[C@@H]1CCOC(C)(C)C1. The van der Waals surface area contributed by atoms with Crippen molar-refractivity contribution in [2.24, 2.45) is 17.8 Å². The number of hydrogen-bond donors (Lipinski definition) is 0. The van der Waals surface area contributed by atoms with Gasteiger partial charge in [-0.3, -0.25) is 0 Å². The molecule has 0 aromatic rings. The van der Waals surface area contributed by atoms with Gasteiger partial charge in [0, 0.05) is 12.6 Å². The van der Waals surface area contributed by atoms with Gasteiger partial charge in [0.15, 0.2) is 0 Å².